The molecule has 10 nitrogen and oxygen atoms in total. The zero-order valence-electron chi connectivity index (χ0n) is 28.5. The number of aliphatic hydroxyl groups excluding tert-OH is 4. The smallest absolute Gasteiger partial charge is 0.335 e. The Labute approximate surface area is 272 Å². The van der Waals surface area contributed by atoms with Crippen LogP contribution in [-0.2, 0) is 19.1 Å². The van der Waals surface area contributed by atoms with Gasteiger partial charge in [0.25, 0.3) is 0 Å². The van der Waals surface area contributed by atoms with Crippen molar-refractivity contribution in [1.82, 2.24) is 0 Å². The molecule has 260 valence electrons. The molecule has 14 atom stereocenters. The van der Waals surface area contributed by atoms with Crippen molar-refractivity contribution in [3.8, 4) is 0 Å². The Morgan fingerprint density at radius 3 is 2.13 bits per heavy atom. The predicted molar refractivity (Wildman–Crippen MR) is 167 cm³/mol. The molecule has 46 heavy (non-hydrogen) atoms. The summed E-state index contributed by atoms with van der Waals surface area (Å²) >= 11 is 0. The van der Waals surface area contributed by atoms with E-state index in [1.165, 1.54) is 5.57 Å². The summed E-state index contributed by atoms with van der Waals surface area (Å²) in [5, 5.41) is 63.3. The fourth-order valence-corrected chi connectivity index (χ4v) is 12.3. The van der Waals surface area contributed by atoms with Crippen molar-refractivity contribution in [3.63, 3.8) is 0 Å². The van der Waals surface area contributed by atoms with Gasteiger partial charge in [-0.1, -0.05) is 60.1 Å². The third-order valence-electron chi connectivity index (χ3n) is 15.1. The minimum Gasteiger partial charge on any atom is -0.481 e. The highest BCUT2D eigenvalue weighted by Gasteiger charge is 2.71. The van der Waals surface area contributed by atoms with Gasteiger partial charge in [-0.15, -0.1) is 0 Å². The van der Waals surface area contributed by atoms with Crippen LogP contribution >= 0.6 is 0 Å². The lowest BCUT2D eigenvalue weighted by Gasteiger charge is -2.71. The first-order chi connectivity index (χ1) is 21.2. The summed E-state index contributed by atoms with van der Waals surface area (Å²) in [6.45, 7) is 15.9. The van der Waals surface area contributed by atoms with E-state index in [0.717, 1.165) is 38.5 Å². The first-order valence-electron chi connectivity index (χ1n) is 17.4. The first-order valence-corrected chi connectivity index (χ1v) is 17.4. The van der Waals surface area contributed by atoms with Gasteiger partial charge in [0.2, 0.25) is 0 Å². The van der Waals surface area contributed by atoms with Crippen LogP contribution in [-0.4, -0.2) is 85.5 Å². The zero-order chi connectivity index (χ0) is 34.0. The van der Waals surface area contributed by atoms with Crippen molar-refractivity contribution in [2.24, 2.45) is 50.2 Å². The fraction of sp³-hybridized carbons (Fsp3) is 0.889. The van der Waals surface area contributed by atoms with Gasteiger partial charge in [0.05, 0.1) is 12.2 Å². The number of fused-ring (bicyclic) bond motifs is 7. The van der Waals surface area contributed by atoms with Crippen molar-refractivity contribution in [1.29, 1.82) is 0 Å². The molecule has 1 heterocycles. The van der Waals surface area contributed by atoms with Gasteiger partial charge in [-0.2, -0.15) is 0 Å². The van der Waals surface area contributed by atoms with Gasteiger partial charge in [-0.05, 0) is 103 Å². The average Bonchev–Trinajstić information content (AvgIpc) is 2.94. The van der Waals surface area contributed by atoms with Crippen LogP contribution in [0.1, 0.15) is 106 Å². The van der Waals surface area contributed by atoms with Gasteiger partial charge in [0.15, 0.2) is 12.4 Å². The van der Waals surface area contributed by atoms with Gasteiger partial charge in [0.1, 0.15) is 23.7 Å². The number of carbonyl (C=O) groups is 2. The largest absolute Gasteiger partial charge is 0.481 e. The monoisotopic (exact) mass is 648 g/mol. The number of hydrogen-bond acceptors (Lipinski definition) is 8. The van der Waals surface area contributed by atoms with Gasteiger partial charge >= 0.3 is 11.9 Å². The minimum atomic E-state index is -1.77. The van der Waals surface area contributed by atoms with E-state index >= 15 is 0 Å². The first kappa shape index (κ1) is 34.3. The van der Waals surface area contributed by atoms with Gasteiger partial charge in [-0.3, -0.25) is 4.79 Å². The quantitative estimate of drug-likeness (QED) is 0.192. The zero-order valence-corrected chi connectivity index (χ0v) is 28.5. The average molecular weight is 649 g/mol. The molecule has 0 spiro atoms. The number of carboxylic acid groups (broad SMARTS) is 2. The van der Waals surface area contributed by atoms with Crippen LogP contribution in [0, 0.1) is 50.2 Å². The number of aliphatic hydroxyl groups is 4. The fourth-order valence-electron chi connectivity index (χ4n) is 12.3. The lowest BCUT2D eigenvalue weighted by Crippen LogP contribution is -2.68. The van der Waals surface area contributed by atoms with Crippen molar-refractivity contribution < 1.29 is 49.7 Å². The molecule has 1 aliphatic heterocycles. The summed E-state index contributed by atoms with van der Waals surface area (Å²) in [5.41, 5.74) is -0.872. The Morgan fingerprint density at radius 2 is 1.50 bits per heavy atom. The summed E-state index contributed by atoms with van der Waals surface area (Å²) in [7, 11) is 0. The maximum Gasteiger partial charge on any atom is 0.335 e. The highest BCUT2D eigenvalue weighted by molar-refractivity contribution is 5.77. The summed E-state index contributed by atoms with van der Waals surface area (Å²) < 4.78 is 11.9. The van der Waals surface area contributed by atoms with Crippen LogP contribution in [0.5, 0.6) is 0 Å². The van der Waals surface area contributed by atoms with Crippen LogP contribution in [0.15, 0.2) is 11.6 Å². The molecule has 0 aromatic heterocycles. The molecule has 0 amide bonds. The molecule has 14 unspecified atom stereocenters. The molecule has 10 heteroatoms. The number of allylic oxidation sites excluding steroid dienone is 2. The van der Waals surface area contributed by atoms with Crippen LogP contribution < -0.4 is 0 Å². The summed E-state index contributed by atoms with van der Waals surface area (Å²) in [5.74, 6) is -1.98. The second-order valence-corrected chi connectivity index (χ2v) is 18.0. The normalized spacial score (nSPS) is 52.6. The SMILES string of the molecule is CC1(C)CCC2(C(=O)O)C(O)CC3(C)C(=CCC4C5(C)CCC(OC6OC(C(=O)O)C(O)C(O)C6O)C(C)(C)C5CCC43C)C2C1. The van der Waals surface area contributed by atoms with E-state index in [4.69, 9.17) is 9.47 Å². The van der Waals surface area contributed by atoms with E-state index in [-0.39, 0.29) is 45.0 Å². The minimum absolute atomic E-state index is 0.000462. The van der Waals surface area contributed by atoms with Gasteiger partial charge < -0.3 is 40.1 Å². The molecule has 4 saturated carbocycles. The van der Waals surface area contributed by atoms with E-state index in [1.54, 1.807) is 0 Å². The topological polar surface area (TPSA) is 174 Å². The highest BCUT2D eigenvalue weighted by Crippen LogP contribution is 2.76. The number of rotatable bonds is 4. The molecular weight excluding hydrogens is 592 g/mol. The van der Waals surface area contributed by atoms with E-state index in [2.05, 4.69) is 54.5 Å². The maximum absolute atomic E-state index is 13.0. The van der Waals surface area contributed by atoms with Crippen molar-refractivity contribution in [3.05, 3.63) is 11.6 Å². The number of ether oxygens (including phenoxy) is 2. The maximum atomic E-state index is 13.0. The van der Waals surface area contributed by atoms with Crippen molar-refractivity contribution in [2.75, 3.05) is 0 Å². The second kappa shape index (κ2) is 10.7. The summed E-state index contributed by atoms with van der Waals surface area (Å²) in [6.07, 6.45) is -0.460. The third kappa shape index (κ3) is 4.49. The molecule has 0 radical (unpaired) electrons. The lowest BCUT2D eigenvalue weighted by molar-refractivity contribution is -0.324. The van der Waals surface area contributed by atoms with Crippen molar-refractivity contribution in [2.45, 2.75) is 149 Å². The molecule has 1 saturated heterocycles. The Hall–Kier alpha value is -1.56. The number of hydrogen-bond donors (Lipinski definition) is 6. The molecule has 6 rings (SSSR count). The van der Waals surface area contributed by atoms with Crippen LogP contribution in [0.4, 0.5) is 0 Å². The van der Waals surface area contributed by atoms with Gasteiger partial charge in [0, 0.05) is 0 Å². The van der Waals surface area contributed by atoms with Gasteiger partial charge in [-0.25, -0.2) is 4.79 Å². The van der Waals surface area contributed by atoms with Crippen LogP contribution in [0.25, 0.3) is 0 Å². The van der Waals surface area contributed by atoms with Crippen molar-refractivity contribution >= 4 is 11.9 Å². The molecule has 5 aliphatic carbocycles. The Morgan fingerprint density at radius 1 is 0.826 bits per heavy atom. The third-order valence-corrected chi connectivity index (χ3v) is 15.1. The molecule has 0 bridgehead atoms. The summed E-state index contributed by atoms with van der Waals surface area (Å²) in [4.78, 5) is 24.7. The van der Waals surface area contributed by atoms with Crippen LogP contribution in [0.3, 0.4) is 0 Å². The molecule has 5 fully saturated rings. The molecule has 6 N–H and O–H groups in total. The van der Waals surface area contributed by atoms with E-state index in [1.807, 2.05) is 0 Å². The van der Waals surface area contributed by atoms with E-state index in [9.17, 15) is 40.2 Å². The number of aliphatic carboxylic acids is 2. The Balaban J connectivity index is 1.31. The number of carboxylic acids is 2. The molecule has 6 aliphatic rings. The Bertz CT molecular complexity index is 1290. The molecular formula is C36H56O10. The second-order valence-electron chi connectivity index (χ2n) is 18.0. The Kier molecular flexibility index (Phi) is 7.99. The predicted octanol–water partition coefficient (Wildman–Crippen LogP) is 4.12. The van der Waals surface area contributed by atoms with E-state index < -0.39 is 54.2 Å². The summed E-state index contributed by atoms with van der Waals surface area (Å²) in [6, 6.07) is 0. The van der Waals surface area contributed by atoms with Crippen LogP contribution in [0.2, 0.25) is 0 Å². The molecule has 0 aromatic carbocycles. The van der Waals surface area contributed by atoms with E-state index in [0.29, 0.717) is 25.2 Å². The molecule has 0 aromatic rings. The highest BCUT2D eigenvalue weighted by atomic mass is 16.7. The lowest BCUT2D eigenvalue weighted by atomic mass is 9.33. The standard InChI is InChI=1S/C36H56O10/c1-31(2)14-15-36(30(43)44)19(16-31)18-8-9-21-33(5)12-11-23(45-29-26(40)24(38)25(39)27(46-29)28(41)42)32(3,4)20(33)10-13-34(21,6)35(18,7)17-22(36)37/h8,19-27,29,37-40H,9-17H2,1-7H3,(H,41,42)(H,43,44).